The van der Waals surface area contributed by atoms with E-state index in [1.165, 1.54) is 5.56 Å². The van der Waals surface area contributed by atoms with E-state index in [9.17, 15) is 5.11 Å². The highest BCUT2D eigenvalue weighted by atomic mass is 16.5. The number of hydrogen-bond acceptors (Lipinski definition) is 3. The van der Waals surface area contributed by atoms with Crippen LogP contribution >= 0.6 is 0 Å². The summed E-state index contributed by atoms with van der Waals surface area (Å²) in [5.41, 5.74) is 1.08. The zero-order valence-corrected chi connectivity index (χ0v) is 10.0. The number of ether oxygens (including phenoxy) is 1. The maximum Gasteiger partial charge on any atom is 0.0629 e. The van der Waals surface area contributed by atoms with E-state index in [4.69, 9.17) is 4.74 Å². The summed E-state index contributed by atoms with van der Waals surface area (Å²) in [6.07, 6.45) is 5.86. The Balaban J connectivity index is 2.12. The van der Waals surface area contributed by atoms with E-state index < -0.39 is 0 Å². The normalized spacial score (nSPS) is 29.8. The molecule has 16 heavy (non-hydrogen) atoms. The molecule has 90 valence electrons. The summed E-state index contributed by atoms with van der Waals surface area (Å²) in [4.78, 5) is 0. The van der Waals surface area contributed by atoms with Gasteiger partial charge in [0.05, 0.1) is 18.9 Å². The van der Waals surface area contributed by atoms with E-state index in [-0.39, 0.29) is 18.1 Å². The number of hydrogen-bond donors (Lipinski definition) is 1. The lowest BCUT2D eigenvalue weighted by Crippen LogP contribution is -2.34. The van der Waals surface area contributed by atoms with Gasteiger partial charge in [0.15, 0.2) is 0 Å². The Morgan fingerprint density at radius 3 is 3.00 bits per heavy atom. The van der Waals surface area contributed by atoms with Crippen molar-refractivity contribution in [2.75, 3.05) is 13.2 Å². The van der Waals surface area contributed by atoms with Gasteiger partial charge in [-0.25, -0.2) is 0 Å². The first-order chi connectivity index (χ1) is 7.70. The highest BCUT2D eigenvalue weighted by Gasteiger charge is 2.41. The van der Waals surface area contributed by atoms with Gasteiger partial charge in [-0.1, -0.05) is 0 Å². The van der Waals surface area contributed by atoms with Crippen LogP contribution in [0.3, 0.4) is 0 Å². The summed E-state index contributed by atoms with van der Waals surface area (Å²) in [7, 11) is 0. The molecule has 0 aliphatic carbocycles. The molecule has 2 rings (SSSR count). The lowest BCUT2D eigenvalue weighted by Gasteiger charge is -2.29. The summed E-state index contributed by atoms with van der Waals surface area (Å²) < 4.78 is 7.50. The molecule has 4 heteroatoms. The molecule has 1 aromatic heterocycles. The van der Waals surface area contributed by atoms with Gasteiger partial charge in [-0.05, 0) is 32.3 Å². The molecule has 0 amide bonds. The van der Waals surface area contributed by atoms with Crippen LogP contribution in [0.1, 0.15) is 25.8 Å². The van der Waals surface area contributed by atoms with Crippen molar-refractivity contribution in [3.63, 3.8) is 0 Å². The maximum atomic E-state index is 9.61. The van der Waals surface area contributed by atoms with E-state index >= 15 is 0 Å². The Bertz CT molecular complexity index is 351. The Kier molecular flexibility index (Phi) is 3.30. The molecule has 0 bridgehead atoms. The average molecular weight is 224 g/mol. The predicted molar refractivity (Wildman–Crippen MR) is 61.2 cm³/mol. The zero-order chi connectivity index (χ0) is 11.6. The molecule has 1 aromatic rings. The van der Waals surface area contributed by atoms with Crippen LogP contribution in [-0.4, -0.2) is 34.2 Å². The molecule has 4 nitrogen and oxygen atoms in total. The Morgan fingerprint density at radius 1 is 1.69 bits per heavy atom. The van der Waals surface area contributed by atoms with Crippen LogP contribution in [0.4, 0.5) is 0 Å². The fraction of sp³-hybridized carbons (Fsp3) is 0.750. The molecule has 2 heterocycles. The van der Waals surface area contributed by atoms with Gasteiger partial charge in [-0.15, -0.1) is 0 Å². The van der Waals surface area contributed by atoms with Gasteiger partial charge in [0.2, 0.25) is 0 Å². The van der Waals surface area contributed by atoms with Gasteiger partial charge >= 0.3 is 0 Å². The van der Waals surface area contributed by atoms with E-state index in [2.05, 4.69) is 18.2 Å². The molecule has 2 atom stereocenters. The largest absolute Gasteiger partial charge is 0.396 e. The van der Waals surface area contributed by atoms with Crippen LogP contribution in [0.15, 0.2) is 12.4 Å². The smallest absolute Gasteiger partial charge is 0.0629 e. The molecule has 1 fully saturated rings. The number of aryl methyl sites for hydroxylation is 1. The third kappa shape index (κ3) is 1.99. The van der Waals surface area contributed by atoms with E-state index in [1.54, 1.807) is 0 Å². The SMILES string of the molecule is CCn1cc(CC2(CO)CCOC2C)cn1. The van der Waals surface area contributed by atoms with Gasteiger partial charge in [0.1, 0.15) is 0 Å². The Morgan fingerprint density at radius 2 is 2.50 bits per heavy atom. The minimum Gasteiger partial charge on any atom is -0.396 e. The molecule has 1 saturated heterocycles. The molecule has 0 radical (unpaired) electrons. The number of aromatic nitrogens is 2. The molecule has 1 N–H and O–H groups in total. The minimum atomic E-state index is -0.110. The predicted octanol–water partition coefficient (Wildman–Crippen LogP) is 1.23. The molecular formula is C12H20N2O2. The summed E-state index contributed by atoms with van der Waals surface area (Å²) in [5, 5.41) is 13.9. The summed E-state index contributed by atoms with van der Waals surface area (Å²) in [6.45, 7) is 5.95. The Labute approximate surface area is 96.2 Å². The molecule has 1 aliphatic heterocycles. The molecular weight excluding hydrogens is 204 g/mol. The monoisotopic (exact) mass is 224 g/mol. The summed E-state index contributed by atoms with van der Waals surface area (Å²) >= 11 is 0. The second-order valence-corrected chi connectivity index (χ2v) is 4.66. The van der Waals surface area contributed by atoms with Gasteiger partial charge in [-0.3, -0.25) is 4.68 Å². The van der Waals surface area contributed by atoms with Crippen molar-refractivity contribution in [1.82, 2.24) is 9.78 Å². The van der Waals surface area contributed by atoms with Gasteiger partial charge in [-0.2, -0.15) is 5.10 Å². The molecule has 0 spiro atoms. The lowest BCUT2D eigenvalue weighted by molar-refractivity contribution is 0.0272. The minimum absolute atomic E-state index is 0.110. The average Bonchev–Trinajstić information content (AvgIpc) is 2.88. The second kappa shape index (κ2) is 4.55. The fourth-order valence-corrected chi connectivity index (χ4v) is 2.39. The van der Waals surface area contributed by atoms with E-state index in [1.807, 2.05) is 17.8 Å². The van der Waals surface area contributed by atoms with Crippen LogP contribution in [0.2, 0.25) is 0 Å². The second-order valence-electron chi connectivity index (χ2n) is 4.66. The van der Waals surface area contributed by atoms with Crippen LogP contribution in [0.5, 0.6) is 0 Å². The van der Waals surface area contributed by atoms with Crippen molar-refractivity contribution >= 4 is 0 Å². The first kappa shape index (κ1) is 11.6. The summed E-state index contributed by atoms with van der Waals surface area (Å²) in [6, 6.07) is 0. The third-order valence-electron chi connectivity index (χ3n) is 3.71. The molecule has 2 unspecified atom stereocenters. The number of rotatable bonds is 4. The van der Waals surface area contributed by atoms with Crippen molar-refractivity contribution in [1.29, 1.82) is 0 Å². The first-order valence-corrected chi connectivity index (χ1v) is 5.94. The van der Waals surface area contributed by atoms with Gasteiger partial charge < -0.3 is 9.84 Å². The number of aliphatic hydroxyl groups is 1. The van der Waals surface area contributed by atoms with Crippen molar-refractivity contribution in [3.8, 4) is 0 Å². The van der Waals surface area contributed by atoms with Crippen LogP contribution in [0.25, 0.3) is 0 Å². The highest BCUT2D eigenvalue weighted by Crippen LogP contribution is 2.37. The zero-order valence-electron chi connectivity index (χ0n) is 10.0. The molecule has 1 aliphatic rings. The topological polar surface area (TPSA) is 47.3 Å². The Hall–Kier alpha value is -0.870. The quantitative estimate of drug-likeness (QED) is 0.837. The maximum absolute atomic E-state index is 9.61. The first-order valence-electron chi connectivity index (χ1n) is 5.94. The van der Waals surface area contributed by atoms with Crippen molar-refractivity contribution in [2.45, 2.75) is 39.3 Å². The van der Waals surface area contributed by atoms with Gasteiger partial charge in [0, 0.05) is 24.8 Å². The summed E-state index contributed by atoms with van der Waals surface area (Å²) in [5.74, 6) is 0. The van der Waals surface area contributed by atoms with Gasteiger partial charge in [0.25, 0.3) is 0 Å². The lowest BCUT2D eigenvalue weighted by atomic mass is 9.78. The van der Waals surface area contributed by atoms with Crippen LogP contribution in [0, 0.1) is 5.41 Å². The van der Waals surface area contributed by atoms with E-state index in [0.717, 1.165) is 26.0 Å². The standard InChI is InChI=1S/C12H20N2O2/c1-3-14-8-11(7-13-14)6-12(9-15)4-5-16-10(12)2/h7-8,10,15H,3-6,9H2,1-2H3. The highest BCUT2D eigenvalue weighted by molar-refractivity contribution is 5.10. The fourth-order valence-electron chi connectivity index (χ4n) is 2.39. The number of nitrogens with zero attached hydrogens (tertiary/aromatic N) is 2. The molecule has 0 saturated carbocycles. The van der Waals surface area contributed by atoms with E-state index in [0.29, 0.717) is 0 Å². The number of aliphatic hydroxyl groups excluding tert-OH is 1. The van der Waals surface area contributed by atoms with Crippen LogP contribution in [-0.2, 0) is 17.7 Å². The molecule has 0 aromatic carbocycles. The van der Waals surface area contributed by atoms with Crippen LogP contribution < -0.4 is 0 Å². The third-order valence-corrected chi connectivity index (χ3v) is 3.71. The van der Waals surface area contributed by atoms with Crippen molar-refractivity contribution in [2.24, 2.45) is 5.41 Å². The van der Waals surface area contributed by atoms with Crippen molar-refractivity contribution in [3.05, 3.63) is 18.0 Å². The van der Waals surface area contributed by atoms with Crippen molar-refractivity contribution < 1.29 is 9.84 Å².